The first-order chi connectivity index (χ1) is 12.6. The number of hydrogen-bond acceptors (Lipinski definition) is 2. The zero-order chi connectivity index (χ0) is 18.4. The van der Waals surface area contributed by atoms with Gasteiger partial charge in [0.05, 0.1) is 0 Å². The lowest BCUT2D eigenvalue weighted by Gasteiger charge is -2.14. The zero-order valence-electron chi connectivity index (χ0n) is 14.6. The second-order valence-electron chi connectivity index (χ2n) is 6.07. The molecule has 0 saturated heterocycles. The van der Waals surface area contributed by atoms with Crippen LogP contribution in [0.5, 0.6) is 5.75 Å². The number of nitrogens with one attached hydrogen (secondary N) is 1. The molecule has 0 fully saturated rings. The quantitative estimate of drug-likeness (QED) is 0.532. The lowest BCUT2D eigenvalue weighted by Crippen LogP contribution is -2.04. The summed E-state index contributed by atoms with van der Waals surface area (Å²) in [7, 11) is 0. The molecule has 0 atom stereocenters. The molecular formula is C22H21ClFNO. The van der Waals surface area contributed by atoms with Gasteiger partial charge in [-0.2, -0.15) is 0 Å². The Morgan fingerprint density at radius 1 is 0.962 bits per heavy atom. The van der Waals surface area contributed by atoms with E-state index in [1.54, 1.807) is 12.1 Å². The first-order valence-corrected chi connectivity index (χ1v) is 9.00. The van der Waals surface area contributed by atoms with Crippen molar-refractivity contribution in [2.45, 2.75) is 26.5 Å². The van der Waals surface area contributed by atoms with Crippen molar-refractivity contribution in [2.75, 3.05) is 5.32 Å². The molecule has 0 aromatic heterocycles. The topological polar surface area (TPSA) is 21.3 Å². The molecule has 2 nitrogen and oxygen atoms in total. The highest BCUT2D eigenvalue weighted by molar-refractivity contribution is 6.30. The van der Waals surface area contributed by atoms with Gasteiger partial charge in [-0.25, -0.2) is 4.39 Å². The van der Waals surface area contributed by atoms with Crippen LogP contribution in [0.25, 0.3) is 0 Å². The van der Waals surface area contributed by atoms with Crippen molar-refractivity contribution < 1.29 is 9.13 Å². The number of aryl methyl sites for hydroxylation is 1. The number of benzene rings is 3. The molecule has 4 heteroatoms. The average Bonchev–Trinajstić information content (AvgIpc) is 2.66. The van der Waals surface area contributed by atoms with Crippen LogP contribution in [0.2, 0.25) is 5.02 Å². The van der Waals surface area contributed by atoms with Gasteiger partial charge in [0.25, 0.3) is 0 Å². The summed E-state index contributed by atoms with van der Waals surface area (Å²) in [5.74, 6) is 0.468. The van der Waals surface area contributed by atoms with Crippen molar-refractivity contribution >= 4 is 17.3 Å². The van der Waals surface area contributed by atoms with Gasteiger partial charge >= 0.3 is 0 Å². The summed E-state index contributed by atoms with van der Waals surface area (Å²) in [5, 5.41) is 4.04. The normalized spacial score (nSPS) is 10.6. The smallest absolute Gasteiger partial charge is 0.124 e. The predicted molar refractivity (Wildman–Crippen MR) is 105 cm³/mol. The Balaban J connectivity index is 1.68. The van der Waals surface area contributed by atoms with E-state index in [1.807, 2.05) is 18.2 Å². The molecule has 0 amide bonds. The highest BCUT2D eigenvalue weighted by atomic mass is 35.5. The van der Waals surface area contributed by atoms with E-state index in [0.29, 0.717) is 18.2 Å². The molecule has 134 valence electrons. The number of hydrogen-bond donors (Lipinski definition) is 1. The minimum atomic E-state index is -0.264. The van der Waals surface area contributed by atoms with Crippen molar-refractivity contribution in [3.8, 4) is 5.75 Å². The Labute approximate surface area is 158 Å². The fraction of sp³-hybridized carbons (Fsp3) is 0.182. The fourth-order valence-corrected chi connectivity index (χ4v) is 2.87. The maximum atomic E-state index is 13.3. The largest absolute Gasteiger partial charge is 0.489 e. The van der Waals surface area contributed by atoms with E-state index in [-0.39, 0.29) is 5.82 Å². The zero-order valence-corrected chi connectivity index (χ0v) is 15.4. The van der Waals surface area contributed by atoms with Crippen LogP contribution in [0.15, 0.2) is 66.7 Å². The summed E-state index contributed by atoms with van der Waals surface area (Å²) in [4.78, 5) is 0. The SMILES string of the molecule is CCc1ccc(NCc2cc(Cl)ccc2OCc2cccc(F)c2)cc1. The van der Waals surface area contributed by atoms with E-state index in [4.69, 9.17) is 16.3 Å². The van der Waals surface area contributed by atoms with Gasteiger partial charge in [-0.3, -0.25) is 0 Å². The van der Waals surface area contributed by atoms with E-state index in [0.717, 1.165) is 29.0 Å². The van der Waals surface area contributed by atoms with Crippen LogP contribution >= 0.6 is 11.6 Å². The highest BCUT2D eigenvalue weighted by Gasteiger charge is 2.06. The fourth-order valence-electron chi connectivity index (χ4n) is 2.67. The first-order valence-electron chi connectivity index (χ1n) is 8.62. The van der Waals surface area contributed by atoms with Crippen LogP contribution < -0.4 is 10.1 Å². The summed E-state index contributed by atoms with van der Waals surface area (Å²) >= 11 is 6.14. The number of rotatable bonds is 7. The Bertz CT molecular complexity index is 864. The number of halogens is 2. The number of ether oxygens (including phenoxy) is 1. The average molecular weight is 370 g/mol. The van der Waals surface area contributed by atoms with Gasteiger partial charge in [0.1, 0.15) is 18.2 Å². The second kappa shape index (κ2) is 8.72. The molecule has 1 N–H and O–H groups in total. The Hall–Kier alpha value is -2.52. The molecule has 0 radical (unpaired) electrons. The van der Waals surface area contributed by atoms with Gasteiger partial charge in [0.2, 0.25) is 0 Å². The summed E-state index contributed by atoms with van der Waals surface area (Å²) in [6.45, 7) is 3.03. The third-order valence-corrected chi connectivity index (χ3v) is 4.39. The molecule has 0 bridgehead atoms. The van der Waals surface area contributed by atoms with Gasteiger partial charge in [-0.1, -0.05) is 42.8 Å². The summed E-state index contributed by atoms with van der Waals surface area (Å²) in [5.41, 5.74) is 4.08. The summed E-state index contributed by atoms with van der Waals surface area (Å²) < 4.78 is 19.2. The van der Waals surface area contributed by atoms with E-state index < -0.39 is 0 Å². The van der Waals surface area contributed by atoms with Crippen molar-refractivity contribution in [1.82, 2.24) is 0 Å². The van der Waals surface area contributed by atoms with E-state index in [1.165, 1.54) is 17.7 Å². The van der Waals surface area contributed by atoms with Crippen LogP contribution in [0.4, 0.5) is 10.1 Å². The van der Waals surface area contributed by atoms with Crippen molar-refractivity contribution in [2.24, 2.45) is 0 Å². The van der Waals surface area contributed by atoms with Crippen LogP contribution in [-0.4, -0.2) is 0 Å². The Morgan fingerprint density at radius 2 is 1.77 bits per heavy atom. The molecule has 3 rings (SSSR count). The third kappa shape index (κ3) is 4.99. The van der Waals surface area contributed by atoms with Crippen LogP contribution in [-0.2, 0) is 19.6 Å². The van der Waals surface area contributed by atoms with Crippen molar-refractivity contribution in [3.05, 3.63) is 94.3 Å². The van der Waals surface area contributed by atoms with E-state index in [9.17, 15) is 4.39 Å². The Kier molecular flexibility index (Phi) is 6.13. The molecule has 0 aliphatic heterocycles. The monoisotopic (exact) mass is 369 g/mol. The maximum absolute atomic E-state index is 13.3. The highest BCUT2D eigenvalue weighted by Crippen LogP contribution is 2.25. The summed E-state index contributed by atoms with van der Waals surface area (Å²) in [6, 6.07) is 20.3. The van der Waals surface area contributed by atoms with Crippen LogP contribution in [0.3, 0.4) is 0 Å². The molecule has 0 aliphatic rings. The molecule has 26 heavy (non-hydrogen) atoms. The first kappa shape index (κ1) is 18.3. The molecule has 0 saturated carbocycles. The lowest BCUT2D eigenvalue weighted by atomic mass is 10.1. The molecule has 0 spiro atoms. The predicted octanol–water partition coefficient (Wildman–Crippen LogP) is 6.23. The van der Waals surface area contributed by atoms with Crippen molar-refractivity contribution in [1.29, 1.82) is 0 Å². The van der Waals surface area contributed by atoms with Crippen LogP contribution in [0, 0.1) is 5.82 Å². The minimum absolute atomic E-state index is 0.264. The molecule has 0 unspecified atom stereocenters. The number of anilines is 1. The van der Waals surface area contributed by atoms with Gasteiger partial charge in [0, 0.05) is 22.8 Å². The minimum Gasteiger partial charge on any atom is -0.489 e. The molecular weight excluding hydrogens is 349 g/mol. The molecule has 3 aromatic rings. The molecule has 0 heterocycles. The second-order valence-corrected chi connectivity index (χ2v) is 6.51. The van der Waals surface area contributed by atoms with Crippen molar-refractivity contribution in [3.63, 3.8) is 0 Å². The molecule has 0 aliphatic carbocycles. The summed E-state index contributed by atoms with van der Waals surface area (Å²) in [6.07, 6.45) is 1.02. The van der Waals surface area contributed by atoms with Gasteiger partial charge in [-0.15, -0.1) is 0 Å². The standard InChI is InChI=1S/C22H21ClFNO/c1-2-16-6-9-21(10-7-16)25-14-18-13-19(23)8-11-22(18)26-15-17-4-3-5-20(24)12-17/h3-13,25H,2,14-15H2,1H3. The lowest BCUT2D eigenvalue weighted by molar-refractivity contribution is 0.302. The third-order valence-electron chi connectivity index (χ3n) is 4.15. The molecule has 3 aromatic carbocycles. The van der Waals surface area contributed by atoms with Gasteiger partial charge in [0.15, 0.2) is 0 Å². The van der Waals surface area contributed by atoms with E-state index >= 15 is 0 Å². The van der Waals surface area contributed by atoms with E-state index in [2.05, 4.69) is 36.5 Å². The maximum Gasteiger partial charge on any atom is 0.124 e. The van der Waals surface area contributed by atoms with Gasteiger partial charge in [-0.05, 0) is 60.0 Å². The van der Waals surface area contributed by atoms with Crippen LogP contribution in [0.1, 0.15) is 23.6 Å². The van der Waals surface area contributed by atoms with Gasteiger partial charge < -0.3 is 10.1 Å². The Morgan fingerprint density at radius 3 is 2.50 bits per heavy atom.